The van der Waals surface area contributed by atoms with Crippen LogP contribution in [0, 0.1) is 16.7 Å². The Morgan fingerprint density at radius 2 is 1.70 bits per heavy atom. The lowest BCUT2D eigenvalue weighted by Gasteiger charge is -2.42. The zero-order chi connectivity index (χ0) is 22.8. The number of benzene rings is 1. The summed E-state index contributed by atoms with van der Waals surface area (Å²) >= 11 is 0. The highest BCUT2D eigenvalue weighted by atomic mass is 15.2. The van der Waals surface area contributed by atoms with E-state index < -0.39 is 0 Å². The number of hydrogen-bond donors (Lipinski definition) is 0. The number of anilines is 2. The molecule has 1 aromatic heterocycles. The predicted octanol–water partition coefficient (Wildman–Crippen LogP) is 5.13. The average Bonchev–Trinajstić information content (AvgIpc) is 2.83. The van der Waals surface area contributed by atoms with Crippen LogP contribution in [0.1, 0.15) is 68.3 Å². The summed E-state index contributed by atoms with van der Waals surface area (Å²) < 4.78 is 0. The summed E-state index contributed by atoms with van der Waals surface area (Å²) in [7, 11) is 0. The first-order valence-corrected chi connectivity index (χ1v) is 12.8. The molecule has 0 aliphatic carbocycles. The van der Waals surface area contributed by atoms with E-state index in [2.05, 4.69) is 64.9 Å². The number of hydrogen-bond acceptors (Lipinski definition) is 5. The van der Waals surface area contributed by atoms with Crippen molar-refractivity contribution < 1.29 is 0 Å². The lowest BCUT2D eigenvalue weighted by Crippen LogP contribution is -2.43. The summed E-state index contributed by atoms with van der Waals surface area (Å²) in [5.74, 6) is 1.08. The van der Waals surface area contributed by atoms with Gasteiger partial charge in [0.1, 0.15) is 11.9 Å². The third-order valence-electron chi connectivity index (χ3n) is 7.65. The van der Waals surface area contributed by atoms with Crippen LogP contribution in [0.25, 0.3) is 0 Å². The highest BCUT2D eigenvalue weighted by Crippen LogP contribution is 2.40. The van der Waals surface area contributed by atoms with Gasteiger partial charge in [0.2, 0.25) is 0 Å². The molecule has 0 saturated carbocycles. The molecule has 0 radical (unpaired) electrons. The molecule has 0 spiro atoms. The van der Waals surface area contributed by atoms with Gasteiger partial charge < -0.3 is 9.80 Å². The van der Waals surface area contributed by atoms with Crippen LogP contribution in [0.3, 0.4) is 0 Å². The van der Waals surface area contributed by atoms with Gasteiger partial charge >= 0.3 is 0 Å². The van der Waals surface area contributed by atoms with Crippen molar-refractivity contribution in [1.82, 2.24) is 9.88 Å². The Hall–Kier alpha value is -2.58. The van der Waals surface area contributed by atoms with Gasteiger partial charge in [-0.25, -0.2) is 4.98 Å². The van der Waals surface area contributed by atoms with Crippen LogP contribution in [-0.4, -0.2) is 42.6 Å². The second-order valence-electron chi connectivity index (χ2n) is 10.9. The van der Waals surface area contributed by atoms with Crippen molar-refractivity contribution >= 4 is 11.5 Å². The molecule has 0 amide bonds. The molecule has 2 aromatic rings. The minimum absolute atomic E-state index is 0.281. The van der Waals surface area contributed by atoms with Crippen molar-refractivity contribution in [3.8, 4) is 6.07 Å². The summed E-state index contributed by atoms with van der Waals surface area (Å²) in [5.41, 5.74) is 6.20. The number of piperidine rings is 2. The molecule has 0 unspecified atom stereocenters. The maximum absolute atomic E-state index is 10.2. The Kier molecular flexibility index (Phi) is 6.29. The molecule has 0 N–H and O–H groups in total. The first-order valence-electron chi connectivity index (χ1n) is 12.8. The molecule has 5 rings (SSSR count). The Morgan fingerprint density at radius 3 is 2.42 bits per heavy atom. The SMILES string of the molecule is CC1(C)CCCN(c2nc(C#N)c(N3CCCCC3)c3c2CN(Cc2ccccc2)CC3)C1. The molecule has 4 heterocycles. The summed E-state index contributed by atoms with van der Waals surface area (Å²) in [4.78, 5) is 12.6. The van der Waals surface area contributed by atoms with Crippen LogP contribution in [0.4, 0.5) is 11.5 Å². The molecule has 1 aromatic carbocycles. The van der Waals surface area contributed by atoms with E-state index in [4.69, 9.17) is 4.98 Å². The summed E-state index contributed by atoms with van der Waals surface area (Å²) in [5, 5.41) is 10.2. The van der Waals surface area contributed by atoms with Crippen LogP contribution in [-0.2, 0) is 19.5 Å². The molecule has 3 aliphatic heterocycles. The fourth-order valence-corrected chi connectivity index (χ4v) is 6.03. The van der Waals surface area contributed by atoms with Crippen LogP contribution in [0.15, 0.2) is 30.3 Å². The van der Waals surface area contributed by atoms with Crippen LogP contribution < -0.4 is 9.80 Å². The topological polar surface area (TPSA) is 46.4 Å². The second-order valence-corrected chi connectivity index (χ2v) is 10.9. The standard InChI is InChI=1S/C28H37N5/c1-28(2)13-9-16-33(21-28)27-24-20-31(19-22-10-5-3-6-11-22)17-12-23(24)26(25(18-29)30-27)32-14-7-4-8-15-32/h3,5-6,10-11H,4,7-9,12-17,19-21H2,1-2H3. The van der Waals surface area contributed by atoms with Gasteiger partial charge in [0.15, 0.2) is 5.69 Å². The Balaban J connectivity index is 1.55. The zero-order valence-corrected chi connectivity index (χ0v) is 20.3. The van der Waals surface area contributed by atoms with Gasteiger partial charge in [0.05, 0.1) is 5.69 Å². The molecule has 0 atom stereocenters. The molecular formula is C28H37N5. The fourth-order valence-electron chi connectivity index (χ4n) is 6.03. The minimum atomic E-state index is 0.281. The highest BCUT2D eigenvalue weighted by molar-refractivity contribution is 5.70. The average molecular weight is 444 g/mol. The molecule has 33 heavy (non-hydrogen) atoms. The Morgan fingerprint density at radius 1 is 0.939 bits per heavy atom. The maximum Gasteiger partial charge on any atom is 0.166 e. The normalized spacial score (nSPS) is 20.9. The number of nitriles is 1. The van der Waals surface area contributed by atoms with Gasteiger partial charge in [-0.15, -0.1) is 0 Å². The van der Waals surface area contributed by atoms with Crippen molar-refractivity contribution in [2.45, 2.75) is 65.5 Å². The van der Waals surface area contributed by atoms with Gasteiger partial charge in [0.25, 0.3) is 0 Å². The molecule has 5 heteroatoms. The molecular weight excluding hydrogens is 406 g/mol. The summed E-state index contributed by atoms with van der Waals surface area (Å²) in [6.45, 7) is 11.8. The highest BCUT2D eigenvalue weighted by Gasteiger charge is 2.33. The monoisotopic (exact) mass is 443 g/mol. The smallest absolute Gasteiger partial charge is 0.166 e. The molecule has 0 bridgehead atoms. The van der Waals surface area contributed by atoms with Gasteiger partial charge in [-0.3, -0.25) is 4.90 Å². The molecule has 3 aliphatic rings. The molecule has 2 fully saturated rings. The minimum Gasteiger partial charge on any atom is -0.369 e. The van der Waals surface area contributed by atoms with Gasteiger partial charge in [-0.2, -0.15) is 5.26 Å². The van der Waals surface area contributed by atoms with Gasteiger partial charge in [-0.05, 0) is 55.1 Å². The lowest BCUT2D eigenvalue weighted by atomic mass is 9.83. The summed E-state index contributed by atoms with van der Waals surface area (Å²) in [6, 6.07) is 13.3. The Labute approximate surface area is 199 Å². The van der Waals surface area contributed by atoms with Crippen molar-refractivity contribution in [2.24, 2.45) is 5.41 Å². The van der Waals surface area contributed by atoms with Gasteiger partial charge in [-0.1, -0.05) is 44.2 Å². The van der Waals surface area contributed by atoms with Crippen molar-refractivity contribution in [3.05, 3.63) is 52.7 Å². The number of aromatic nitrogens is 1. The van der Waals surface area contributed by atoms with Crippen molar-refractivity contribution in [2.75, 3.05) is 42.5 Å². The van der Waals surface area contributed by atoms with Crippen LogP contribution in [0.2, 0.25) is 0 Å². The fraction of sp³-hybridized carbons (Fsp3) is 0.571. The van der Waals surface area contributed by atoms with Crippen LogP contribution >= 0.6 is 0 Å². The third kappa shape index (κ3) is 4.73. The largest absolute Gasteiger partial charge is 0.369 e. The third-order valence-corrected chi connectivity index (χ3v) is 7.65. The number of pyridine rings is 1. The molecule has 2 saturated heterocycles. The van der Waals surface area contributed by atoms with Crippen molar-refractivity contribution in [3.63, 3.8) is 0 Å². The second kappa shape index (κ2) is 9.35. The van der Waals surface area contributed by atoms with E-state index >= 15 is 0 Å². The van der Waals surface area contributed by atoms with Crippen molar-refractivity contribution in [1.29, 1.82) is 5.26 Å². The van der Waals surface area contributed by atoms with E-state index in [1.807, 2.05) is 0 Å². The predicted molar refractivity (Wildman–Crippen MR) is 135 cm³/mol. The van der Waals surface area contributed by atoms with Crippen LogP contribution in [0.5, 0.6) is 0 Å². The quantitative estimate of drug-likeness (QED) is 0.656. The first-order chi connectivity index (χ1) is 16.0. The maximum atomic E-state index is 10.2. The number of rotatable bonds is 4. The van der Waals surface area contributed by atoms with E-state index in [0.29, 0.717) is 5.69 Å². The van der Waals surface area contributed by atoms with E-state index in [0.717, 1.165) is 63.7 Å². The van der Waals surface area contributed by atoms with E-state index in [9.17, 15) is 5.26 Å². The van der Waals surface area contributed by atoms with Gasteiger partial charge in [0, 0.05) is 51.4 Å². The molecule has 5 nitrogen and oxygen atoms in total. The van der Waals surface area contributed by atoms with E-state index in [-0.39, 0.29) is 5.41 Å². The molecule has 174 valence electrons. The Bertz CT molecular complexity index is 1020. The number of fused-ring (bicyclic) bond motifs is 1. The lowest BCUT2D eigenvalue weighted by molar-refractivity contribution is 0.244. The van der Waals surface area contributed by atoms with E-state index in [1.165, 1.54) is 48.8 Å². The summed E-state index contributed by atoms with van der Waals surface area (Å²) in [6.07, 6.45) is 7.15. The first kappa shape index (κ1) is 22.2. The number of nitrogens with zero attached hydrogens (tertiary/aromatic N) is 5. The zero-order valence-electron chi connectivity index (χ0n) is 20.3. The van der Waals surface area contributed by atoms with E-state index in [1.54, 1.807) is 0 Å².